The molecule has 0 spiro atoms. The van der Waals surface area contributed by atoms with Crippen LogP contribution in [0, 0.1) is 0 Å². The van der Waals surface area contributed by atoms with Crippen molar-refractivity contribution in [2.24, 2.45) is 4.40 Å². The molecular weight excluding hydrogens is 400 g/mol. The summed E-state index contributed by atoms with van der Waals surface area (Å²) in [6, 6.07) is 7.38. The fourth-order valence-electron chi connectivity index (χ4n) is 2.81. The highest BCUT2D eigenvalue weighted by atomic mass is 32.2. The Bertz CT molecular complexity index is 999. The highest BCUT2D eigenvalue weighted by Gasteiger charge is 2.31. The number of allylic oxidation sites excluding steroid dienone is 2. The van der Waals surface area contributed by atoms with Crippen molar-refractivity contribution in [3.63, 3.8) is 0 Å². The number of anilines is 1. The number of carbonyl (C=O) groups is 2. The van der Waals surface area contributed by atoms with Gasteiger partial charge >= 0.3 is 0 Å². The zero-order chi connectivity index (χ0) is 20.3. The van der Waals surface area contributed by atoms with Crippen molar-refractivity contribution in [3.8, 4) is 0 Å². The lowest BCUT2D eigenvalue weighted by Gasteiger charge is -2.30. The molecule has 0 fully saturated rings. The number of nitrogens with one attached hydrogen (secondary N) is 1. The van der Waals surface area contributed by atoms with Gasteiger partial charge in [0.2, 0.25) is 5.91 Å². The maximum Gasteiger partial charge on any atom is 0.257 e. The zero-order valence-electron chi connectivity index (χ0n) is 15.5. The number of carbonyl (C=O) groups excluding carboxylic acids is 2. The number of hydrogen-bond donors (Lipinski definition) is 1. The molecule has 0 saturated heterocycles. The minimum atomic E-state index is -3.60. The molecule has 148 valence electrons. The minimum Gasteiger partial charge on any atom is -0.332 e. The maximum absolute atomic E-state index is 12.8. The molecule has 1 aromatic carbocycles. The molecule has 0 bridgehead atoms. The second-order valence-corrected chi connectivity index (χ2v) is 8.83. The van der Waals surface area contributed by atoms with Gasteiger partial charge in [-0.25, -0.2) is 8.42 Å². The number of sulfonamides is 1. The number of rotatable bonds is 5. The van der Waals surface area contributed by atoms with Crippen molar-refractivity contribution in [3.05, 3.63) is 48.2 Å². The van der Waals surface area contributed by atoms with E-state index >= 15 is 0 Å². The predicted octanol–water partition coefficient (Wildman–Crippen LogP) is 1.30. The third kappa shape index (κ3) is 4.45. The smallest absolute Gasteiger partial charge is 0.257 e. The summed E-state index contributed by atoms with van der Waals surface area (Å²) in [6.07, 6.45) is 6.76. The average Bonchev–Trinajstić information content (AvgIpc) is 2.66. The summed E-state index contributed by atoms with van der Waals surface area (Å²) in [5.74, 6) is -0.827. The summed E-state index contributed by atoms with van der Waals surface area (Å²) in [5, 5.41) is 2.80. The molecule has 0 unspecified atom stereocenters. The molecule has 0 aromatic heterocycles. The van der Waals surface area contributed by atoms with Gasteiger partial charge in [0.25, 0.3) is 15.9 Å². The topological polar surface area (TPSA) is 99.1 Å². The Balaban J connectivity index is 1.72. The SMILES string of the molecule is CSc1ccccc1NC(=O)CN(C)C(=O)C1=CC=CN2CCS(=O)(=O)N=C12. The molecule has 8 nitrogen and oxygen atoms in total. The van der Waals surface area contributed by atoms with E-state index in [1.807, 2.05) is 24.5 Å². The van der Waals surface area contributed by atoms with Gasteiger partial charge in [-0.3, -0.25) is 9.59 Å². The first-order valence-electron chi connectivity index (χ1n) is 8.47. The van der Waals surface area contributed by atoms with Crippen molar-refractivity contribution in [1.82, 2.24) is 9.80 Å². The number of benzene rings is 1. The number of nitrogens with zero attached hydrogens (tertiary/aromatic N) is 3. The zero-order valence-corrected chi connectivity index (χ0v) is 17.1. The first-order chi connectivity index (χ1) is 13.3. The first-order valence-corrected chi connectivity index (χ1v) is 11.3. The average molecular weight is 421 g/mol. The Morgan fingerprint density at radius 1 is 1.32 bits per heavy atom. The second kappa shape index (κ2) is 8.19. The maximum atomic E-state index is 12.8. The van der Waals surface area contributed by atoms with Crippen LogP contribution in [-0.4, -0.2) is 68.0 Å². The van der Waals surface area contributed by atoms with Gasteiger partial charge in [0, 0.05) is 24.7 Å². The van der Waals surface area contributed by atoms with Crippen molar-refractivity contribution in [2.75, 3.05) is 37.5 Å². The van der Waals surface area contributed by atoms with Gasteiger partial charge in [-0.1, -0.05) is 12.1 Å². The fraction of sp³-hybridized carbons (Fsp3) is 0.278. The van der Waals surface area contributed by atoms with Crippen molar-refractivity contribution in [2.45, 2.75) is 4.90 Å². The largest absolute Gasteiger partial charge is 0.332 e. The Labute approximate surface area is 168 Å². The highest BCUT2D eigenvalue weighted by molar-refractivity contribution is 7.98. The second-order valence-electron chi connectivity index (χ2n) is 6.23. The van der Waals surface area contributed by atoms with Crippen molar-refractivity contribution in [1.29, 1.82) is 0 Å². The summed E-state index contributed by atoms with van der Waals surface area (Å²) < 4.78 is 27.4. The van der Waals surface area contributed by atoms with Crippen LogP contribution in [0.5, 0.6) is 0 Å². The van der Waals surface area contributed by atoms with Crippen LogP contribution in [0.4, 0.5) is 5.69 Å². The predicted molar refractivity (Wildman–Crippen MR) is 110 cm³/mol. The molecule has 3 rings (SSSR count). The summed E-state index contributed by atoms with van der Waals surface area (Å²) in [4.78, 5) is 29.0. The number of hydrogen-bond acceptors (Lipinski definition) is 6. The van der Waals surface area contributed by atoms with Crippen LogP contribution in [0.2, 0.25) is 0 Å². The van der Waals surface area contributed by atoms with Gasteiger partial charge in [0.15, 0.2) is 5.84 Å². The third-order valence-electron chi connectivity index (χ3n) is 4.20. The Morgan fingerprint density at radius 2 is 2.07 bits per heavy atom. The molecular formula is C18H20N4O4S2. The normalized spacial score (nSPS) is 17.3. The van der Waals surface area contributed by atoms with E-state index in [-0.39, 0.29) is 36.2 Å². The van der Waals surface area contributed by atoms with Gasteiger partial charge in [-0.05, 0) is 30.5 Å². The quantitative estimate of drug-likeness (QED) is 0.721. The van der Waals surface area contributed by atoms with E-state index in [2.05, 4.69) is 9.71 Å². The van der Waals surface area contributed by atoms with E-state index in [9.17, 15) is 18.0 Å². The Hall–Kier alpha value is -2.59. The monoisotopic (exact) mass is 420 g/mol. The molecule has 2 heterocycles. The molecule has 1 aromatic rings. The van der Waals surface area contributed by atoms with Crippen molar-refractivity contribution >= 4 is 45.1 Å². The summed E-state index contributed by atoms with van der Waals surface area (Å²) in [7, 11) is -2.11. The summed E-state index contributed by atoms with van der Waals surface area (Å²) >= 11 is 1.51. The number of likely N-dealkylation sites (N-methyl/N-ethyl adjacent to an activating group) is 1. The number of thioether (sulfide) groups is 1. The molecule has 0 saturated carbocycles. The standard InChI is InChI=1S/C18H20N4O4S2/c1-21(12-16(23)19-14-7-3-4-8-15(14)27-2)18(24)13-6-5-9-22-10-11-28(25,26)20-17(13)22/h3-9H,10-12H2,1-2H3,(H,19,23). The van der Waals surface area contributed by atoms with Crippen LogP contribution >= 0.6 is 11.8 Å². The van der Waals surface area contributed by atoms with Crippen LogP contribution in [0.25, 0.3) is 0 Å². The van der Waals surface area contributed by atoms with Gasteiger partial charge in [0.05, 0.1) is 23.6 Å². The van der Waals surface area contributed by atoms with Crippen LogP contribution in [0.3, 0.4) is 0 Å². The molecule has 10 heteroatoms. The van der Waals surface area contributed by atoms with Gasteiger partial charge in [-0.2, -0.15) is 0 Å². The molecule has 0 aliphatic carbocycles. The van der Waals surface area contributed by atoms with Gasteiger partial charge in [0.1, 0.15) is 0 Å². The lowest BCUT2D eigenvalue weighted by Crippen LogP contribution is -2.44. The van der Waals surface area contributed by atoms with E-state index < -0.39 is 15.9 Å². The van der Waals surface area contributed by atoms with E-state index in [1.54, 1.807) is 23.2 Å². The molecule has 0 atom stereocenters. The van der Waals surface area contributed by atoms with Gasteiger partial charge < -0.3 is 15.1 Å². The lowest BCUT2D eigenvalue weighted by atomic mass is 10.1. The van der Waals surface area contributed by atoms with Crippen LogP contribution in [-0.2, 0) is 19.6 Å². The van der Waals surface area contributed by atoms with Crippen molar-refractivity contribution < 1.29 is 18.0 Å². The molecule has 2 aliphatic heterocycles. The number of fused-ring (bicyclic) bond motifs is 1. The lowest BCUT2D eigenvalue weighted by molar-refractivity contribution is -0.129. The molecule has 1 N–H and O–H groups in total. The van der Waals surface area contributed by atoms with E-state index in [1.165, 1.54) is 29.8 Å². The molecule has 2 aliphatic rings. The summed E-state index contributed by atoms with van der Waals surface area (Å²) in [6.45, 7) is 0.0561. The van der Waals surface area contributed by atoms with Gasteiger partial charge in [-0.15, -0.1) is 16.2 Å². The Morgan fingerprint density at radius 3 is 2.82 bits per heavy atom. The molecule has 2 amide bonds. The number of amides is 2. The molecule has 28 heavy (non-hydrogen) atoms. The van der Waals surface area contributed by atoms with Crippen LogP contribution < -0.4 is 5.32 Å². The first kappa shape index (κ1) is 20.2. The van der Waals surface area contributed by atoms with Crippen LogP contribution in [0.15, 0.2) is 57.5 Å². The van der Waals surface area contributed by atoms with E-state index in [4.69, 9.17) is 0 Å². The molecule has 0 radical (unpaired) electrons. The van der Waals surface area contributed by atoms with E-state index in [0.29, 0.717) is 5.69 Å². The minimum absolute atomic E-state index is 0.0961. The summed E-state index contributed by atoms with van der Waals surface area (Å²) in [5.41, 5.74) is 0.820. The fourth-order valence-corrected chi connectivity index (χ4v) is 4.35. The number of amidine groups is 1. The van der Waals surface area contributed by atoms with E-state index in [0.717, 1.165) is 4.90 Å². The number of para-hydroxylation sites is 1. The Kier molecular flexibility index (Phi) is 5.90. The highest BCUT2D eigenvalue weighted by Crippen LogP contribution is 2.24. The van der Waals surface area contributed by atoms with Crippen LogP contribution in [0.1, 0.15) is 0 Å². The third-order valence-corrected chi connectivity index (χ3v) is 6.14.